The minimum atomic E-state index is -0.738. The first-order valence-electron chi connectivity index (χ1n) is 5.87. The van der Waals surface area contributed by atoms with Crippen molar-refractivity contribution in [3.05, 3.63) is 29.8 Å². The Morgan fingerprint density at radius 2 is 2.06 bits per heavy atom. The number of rotatable bonds is 7. The van der Waals surface area contributed by atoms with Gasteiger partial charge >= 0.3 is 5.97 Å². The molecule has 1 aromatic carbocycles. The zero-order valence-corrected chi connectivity index (χ0v) is 10.1. The van der Waals surface area contributed by atoms with Gasteiger partial charge < -0.3 is 16.2 Å². The Balaban J connectivity index is 2.22. The molecule has 0 heterocycles. The van der Waals surface area contributed by atoms with Crippen LogP contribution in [0.15, 0.2) is 24.3 Å². The van der Waals surface area contributed by atoms with Crippen molar-refractivity contribution in [2.24, 2.45) is 0 Å². The number of nitrogen functional groups attached to an aromatic ring is 1. The molecule has 0 amide bonds. The second kappa shape index (κ2) is 6.91. The third-order valence-corrected chi connectivity index (χ3v) is 2.58. The van der Waals surface area contributed by atoms with Crippen LogP contribution in [0.2, 0.25) is 0 Å². The zero-order chi connectivity index (χ0) is 12.7. The molecule has 1 aromatic rings. The van der Waals surface area contributed by atoms with Gasteiger partial charge in [0.2, 0.25) is 0 Å². The molecule has 0 fully saturated rings. The van der Waals surface area contributed by atoms with Gasteiger partial charge in [0.1, 0.15) is 0 Å². The van der Waals surface area contributed by atoms with Gasteiger partial charge in [-0.1, -0.05) is 12.1 Å². The lowest BCUT2D eigenvalue weighted by Gasteiger charge is -2.13. The zero-order valence-electron chi connectivity index (χ0n) is 10.1. The van der Waals surface area contributed by atoms with E-state index in [4.69, 9.17) is 10.8 Å². The van der Waals surface area contributed by atoms with Crippen LogP contribution in [0.1, 0.15) is 25.3 Å². The van der Waals surface area contributed by atoms with E-state index in [9.17, 15) is 4.79 Å². The first-order chi connectivity index (χ1) is 8.08. The predicted octanol–water partition coefficient (Wildman–Crippen LogP) is 1.65. The highest BCUT2D eigenvalue weighted by Gasteiger charge is 2.03. The predicted molar refractivity (Wildman–Crippen MR) is 68.9 cm³/mol. The third-order valence-electron chi connectivity index (χ3n) is 2.58. The Bertz CT molecular complexity index is 349. The molecule has 0 bridgehead atoms. The van der Waals surface area contributed by atoms with E-state index in [1.54, 1.807) is 0 Å². The summed E-state index contributed by atoms with van der Waals surface area (Å²) in [4.78, 5) is 10.3. The van der Waals surface area contributed by atoms with Crippen molar-refractivity contribution in [3.63, 3.8) is 0 Å². The van der Waals surface area contributed by atoms with Crippen molar-refractivity contribution in [1.29, 1.82) is 0 Å². The van der Waals surface area contributed by atoms with Crippen molar-refractivity contribution in [3.8, 4) is 0 Å². The Morgan fingerprint density at radius 1 is 1.41 bits per heavy atom. The van der Waals surface area contributed by atoms with Gasteiger partial charge in [-0.05, 0) is 44.0 Å². The van der Waals surface area contributed by atoms with E-state index in [2.05, 4.69) is 12.2 Å². The Kier molecular flexibility index (Phi) is 5.49. The largest absolute Gasteiger partial charge is 0.481 e. The van der Waals surface area contributed by atoms with E-state index >= 15 is 0 Å². The van der Waals surface area contributed by atoms with Gasteiger partial charge in [0, 0.05) is 18.2 Å². The fourth-order valence-electron chi connectivity index (χ4n) is 1.67. The van der Waals surface area contributed by atoms with Crippen LogP contribution >= 0.6 is 0 Å². The smallest absolute Gasteiger partial charge is 0.303 e. The molecule has 94 valence electrons. The van der Waals surface area contributed by atoms with Gasteiger partial charge in [0.15, 0.2) is 0 Å². The van der Waals surface area contributed by atoms with Crippen LogP contribution in [0.25, 0.3) is 0 Å². The summed E-state index contributed by atoms with van der Waals surface area (Å²) in [6, 6.07) is 8.17. The molecule has 0 aliphatic rings. The fourth-order valence-corrected chi connectivity index (χ4v) is 1.67. The normalized spacial score (nSPS) is 12.3. The number of nitrogens with two attached hydrogens (primary N) is 1. The summed E-state index contributed by atoms with van der Waals surface area (Å²) in [5.74, 6) is -0.738. The highest BCUT2D eigenvalue weighted by atomic mass is 16.4. The molecular weight excluding hydrogens is 216 g/mol. The summed E-state index contributed by atoms with van der Waals surface area (Å²) in [7, 11) is 0. The number of hydrogen-bond acceptors (Lipinski definition) is 3. The maximum absolute atomic E-state index is 10.3. The van der Waals surface area contributed by atoms with Crippen LogP contribution in [-0.4, -0.2) is 23.7 Å². The van der Waals surface area contributed by atoms with Gasteiger partial charge in [-0.25, -0.2) is 0 Å². The average molecular weight is 236 g/mol. The van der Waals surface area contributed by atoms with E-state index in [-0.39, 0.29) is 6.42 Å². The van der Waals surface area contributed by atoms with E-state index in [1.807, 2.05) is 24.3 Å². The number of carbonyl (C=O) groups is 1. The molecule has 0 aromatic heterocycles. The molecule has 4 N–H and O–H groups in total. The maximum Gasteiger partial charge on any atom is 0.303 e. The van der Waals surface area contributed by atoms with Crippen molar-refractivity contribution in [2.45, 2.75) is 32.2 Å². The number of carboxylic acids is 1. The van der Waals surface area contributed by atoms with Gasteiger partial charge in [-0.2, -0.15) is 0 Å². The first kappa shape index (κ1) is 13.5. The van der Waals surface area contributed by atoms with Crippen LogP contribution in [0.5, 0.6) is 0 Å². The molecule has 1 unspecified atom stereocenters. The van der Waals surface area contributed by atoms with Crippen molar-refractivity contribution < 1.29 is 9.90 Å². The minimum absolute atomic E-state index is 0.224. The van der Waals surface area contributed by atoms with Crippen LogP contribution in [0.3, 0.4) is 0 Å². The fraction of sp³-hybridized carbons (Fsp3) is 0.462. The van der Waals surface area contributed by atoms with E-state index in [0.29, 0.717) is 12.5 Å². The van der Waals surface area contributed by atoms with Crippen LogP contribution in [-0.2, 0) is 11.2 Å². The lowest BCUT2D eigenvalue weighted by atomic mass is 10.1. The SMILES string of the molecule is CC(Cc1ccc(N)cc1)NCCCC(=O)O. The molecule has 1 rings (SSSR count). The highest BCUT2D eigenvalue weighted by molar-refractivity contribution is 5.66. The molecule has 0 saturated heterocycles. The number of carboxylic acid groups (broad SMARTS) is 1. The van der Waals surface area contributed by atoms with Gasteiger partial charge in [-0.3, -0.25) is 4.79 Å². The van der Waals surface area contributed by atoms with Crippen molar-refractivity contribution >= 4 is 11.7 Å². The molecule has 0 saturated carbocycles. The van der Waals surface area contributed by atoms with Gasteiger partial charge in [0.05, 0.1) is 0 Å². The molecule has 4 heteroatoms. The van der Waals surface area contributed by atoms with Crippen LogP contribution in [0.4, 0.5) is 5.69 Å². The molecule has 0 aliphatic carbocycles. The molecule has 0 radical (unpaired) electrons. The van der Waals surface area contributed by atoms with Crippen molar-refractivity contribution in [1.82, 2.24) is 5.32 Å². The maximum atomic E-state index is 10.3. The molecule has 1 atom stereocenters. The lowest BCUT2D eigenvalue weighted by Crippen LogP contribution is -2.29. The summed E-state index contributed by atoms with van der Waals surface area (Å²) < 4.78 is 0. The average Bonchev–Trinajstić information content (AvgIpc) is 2.27. The first-order valence-corrected chi connectivity index (χ1v) is 5.87. The van der Waals surface area contributed by atoms with Crippen molar-refractivity contribution in [2.75, 3.05) is 12.3 Å². The second-order valence-corrected chi connectivity index (χ2v) is 4.30. The van der Waals surface area contributed by atoms with Crippen LogP contribution in [0, 0.1) is 0 Å². The Labute approximate surface area is 102 Å². The molecular formula is C13H20N2O2. The Hall–Kier alpha value is -1.55. The summed E-state index contributed by atoms with van der Waals surface area (Å²) in [6.07, 6.45) is 1.82. The monoisotopic (exact) mass is 236 g/mol. The lowest BCUT2D eigenvalue weighted by molar-refractivity contribution is -0.137. The highest BCUT2D eigenvalue weighted by Crippen LogP contribution is 2.07. The molecule has 0 aliphatic heterocycles. The second-order valence-electron chi connectivity index (χ2n) is 4.30. The molecule has 4 nitrogen and oxygen atoms in total. The summed E-state index contributed by atoms with van der Waals surface area (Å²) in [5.41, 5.74) is 7.62. The quantitative estimate of drug-likeness (QED) is 0.497. The standard InChI is InChI=1S/C13H20N2O2/c1-10(15-8-2-3-13(16)17)9-11-4-6-12(14)7-5-11/h4-7,10,15H,2-3,8-9,14H2,1H3,(H,16,17). The van der Waals surface area contributed by atoms with Crippen LogP contribution < -0.4 is 11.1 Å². The van der Waals surface area contributed by atoms with E-state index in [1.165, 1.54) is 5.56 Å². The number of anilines is 1. The summed E-state index contributed by atoms with van der Waals surface area (Å²) >= 11 is 0. The number of hydrogen-bond donors (Lipinski definition) is 3. The Morgan fingerprint density at radius 3 is 2.65 bits per heavy atom. The topological polar surface area (TPSA) is 75.3 Å². The molecule has 17 heavy (non-hydrogen) atoms. The summed E-state index contributed by atoms with van der Waals surface area (Å²) in [5, 5.41) is 11.8. The third kappa shape index (κ3) is 5.92. The minimum Gasteiger partial charge on any atom is -0.481 e. The molecule has 0 spiro atoms. The summed E-state index contributed by atoms with van der Waals surface area (Å²) in [6.45, 7) is 2.83. The van der Waals surface area contributed by atoms with Gasteiger partial charge in [0.25, 0.3) is 0 Å². The van der Waals surface area contributed by atoms with Gasteiger partial charge in [-0.15, -0.1) is 0 Å². The van der Waals surface area contributed by atoms with E-state index < -0.39 is 5.97 Å². The number of benzene rings is 1. The number of nitrogens with one attached hydrogen (secondary N) is 1. The number of aliphatic carboxylic acids is 1. The van der Waals surface area contributed by atoms with E-state index in [0.717, 1.165) is 18.7 Å².